The normalized spacial score (nSPS) is 16.3. The van der Waals surface area contributed by atoms with Gasteiger partial charge in [0.1, 0.15) is 5.75 Å². The zero-order chi connectivity index (χ0) is 20.9. The van der Waals surface area contributed by atoms with Crippen molar-refractivity contribution < 1.29 is 27.3 Å². The van der Waals surface area contributed by atoms with E-state index in [1.165, 1.54) is 43.6 Å². The number of furan rings is 1. The Morgan fingerprint density at radius 2 is 2.00 bits per heavy atom. The van der Waals surface area contributed by atoms with Gasteiger partial charge in [-0.15, -0.1) is 0 Å². The Bertz CT molecular complexity index is 922. The summed E-state index contributed by atoms with van der Waals surface area (Å²) < 4.78 is 39.3. The average molecular weight is 423 g/mol. The van der Waals surface area contributed by atoms with Crippen LogP contribution in [0.5, 0.6) is 5.75 Å². The molecule has 1 aliphatic heterocycles. The Morgan fingerprint density at radius 3 is 2.62 bits per heavy atom. The first-order valence-electron chi connectivity index (χ1n) is 9.74. The van der Waals surface area contributed by atoms with Crippen molar-refractivity contribution in [1.29, 1.82) is 0 Å². The molecule has 2 aromatic rings. The Morgan fingerprint density at radius 1 is 1.24 bits per heavy atom. The lowest BCUT2D eigenvalue weighted by Gasteiger charge is -2.30. The first kappa shape index (κ1) is 21.4. The van der Waals surface area contributed by atoms with E-state index >= 15 is 0 Å². The molecule has 1 amide bonds. The summed E-state index contributed by atoms with van der Waals surface area (Å²) in [6.07, 6.45) is 5.08. The highest BCUT2D eigenvalue weighted by Gasteiger charge is 2.30. The fraction of sp³-hybridized carbons (Fsp3) is 0.450. The van der Waals surface area contributed by atoms with Crippen LogP contribution >= 0.6 is 0 Å². The Balaban J connectivity index is 1.77. The van der Waals surface area contributed by atoms with Crippen LogP contribution in [-0.4, -0.2) is 41.1 Å². The molecule has 2 heterocycles. The highest BCUT2D eigenvalue weighted by Crippen LogP contribution is 2.27. The fourth-order valence-electron chi connectivity index (χ4n) is 3.70. The number of ether oxygens (including phenoxy) is 1. The van der Waals surface area contributed by atoms with Gasteiger partial charge in [0.25, 0.3) is 0 Å². The lowest BCUT2D eigenvalue weighted by Crippen LogP contribution is -3.13. The molecule has 158 valence electrons. The highest BCUT2D eigenvalue weighted by atomic mass is 32.2. The zero-order valence-corrected chi connectivity index (χ0v) is 17.6. The molecule has 3 rings (SSSR count). The fourth-order valence-corrected chi connectivity index (χ4v) is 4.76. The number of hydrogen-bond donors (Lipinski definition) is 3. The number of carbonyl (C=O) groups excluding carboxylic acids is 1. The summed E-state index contributed by atoms with van der Waals surface area (Å²) in [5, 5.41) is 2.62. The topological polar surface area (TPSA) is 102 Å². The Kier molecular flexibility index (Phi) is 6.94. The van der Waals surface area contributed by atoms with Crippen LogP contribution in [0.4, 0.5) is 5.69 Å². The maximum absolute atomic E-state index is 12.9. The molecule has 1 saturated heterocycles. The van der Waals surface area contributed by atoms with Gasteiger partial charge in [-0.2, -0.15) is 0 Å². The molecule has 0 bridgehead atoms. The average Bonchev–Trinajstić information content (AvgIpc) is 3.23. The third kappa shape index (κ3) is 5.37. The van der Waals surface area contributed by atoms with E-state index in [0.29, 0.717) is 5.69 Å². The second kappa shape index (κ2) is 9.43. The Hall–Kier alpha value is -2.36. The van der Waals surface area contributed by atoms with E-state index in [2.05, 4.69) is 10.0 Å². The standard InChI is InChI=1S/C20H27N3O5S/c1-15(24)22-17-9-8-16(13-20(17)27-2)29(25,26)21-14-18(19-7-6-12-28-19)23-10-4-3-5-11-23/h6-9,12-13,18,21H,3-5,10-11,14H2,1-2H3,(H,22,24)/p+1/t18-/m1/s1. The Labute approximate surface area is 171 Å². The molecule has 1 atom stereocenters. The SMILES string of the molecule is COc1cc(S(=O)(=O)NC[C@H](c2ccco2)[NH+]2CCCCC2)ccc1NC(C)=O. The number of hydrogen-bond acceptors (Lipinski definition) is 5. The van der Waals surface area contributed by atoms with E-state index in [1.54, 1.807) is 6.26 Å². The summed E-state index contributed by atoms with van der Waals surface area (Å²) in [6, 6.07) is 8.02. The smallest absolute Gasteiger partial charge is 0.240 e. The summed E-state index contributed by atoms with van der Waals surface area (Å²) in [4.78, 5) is 12.7. The molecule has 0 radical (unpaired) electrons. The molecule has 29 heavy (non-hydrogen) atoms. The maximum Gasteiger partial charge on any atom is 0.240 e. The molecule has 3 N–H and O–H groups in total. The van der Waals surface area contributed by atoms with Crippen molar-refractivity contribution in [2.24, 2.45) is 0 Å². The molecule has 1 fully saturated rings. The third-order valence-electron chi connectivity index (χ3n) is 5.15. The second-order valence-electron chi connectivity index (χ2n) is 7.18. The number of nitrogens with one attached hydrogen (secondary N) is 3. The summed E-state index contributed by atoms with van der Waals surface area (Å²) >= 11 is 0. The quantitative estimate of drug-likeness (QED) is 0.596. The van der Waals surface area contributed by atoms with Crippen molar-refractivity contribution in [2.75, 3.05) is 32.1 Å². The van der Waals surface area contributed by atoms with Crippen molar-refractivity contribution in [3.05, 3.63) is 42.4 Å². The van der Waals surface area contributed by atoms with E-state index in [4.69, 9.17) is 9.15 Å². The molecular formula is C20H28N3O5S+. The number of amides is 1. The van der Waals surface area contributed by atoms with Gasteiger partial charge < -0.3 is 19.4 Å². The third-order valence-corrected chi connectivity index (χ3v) is 6.57. The lowest BCUT2D eigenvalue weighted by atomic mass is 10.1. The summed E-state index contributed by atoms with van der Waals surface area (Å²) in [6.45, 7) is 3.60. The van der Waals surface area contributed by atoms with Crippen LogP contribution in [0.3, 0.4) is 0 Å². The zero-order valence-electron chi connectivity index (χ0n) is 16.7. The molecule has 1 aromatic carbocycles. The van der Waals surface area contributed by atoms with Crippen LogP contribution in [0.2, 0.25) is 0 Å². The van der Waals surface area contributed by atoms with Gasteiger partial charge in [-0.05, 0) is 43.5 Å². The van der Waals surface area contributed by atoms with Crippen molar-refractivity contribution in [3.63, 3.8) is 0 Å². The maximum atomic E-state index is 12.9. The van der Waals surface area contributed by atoms with Crippen molar-refractivity contribution in [1.82, 2.24) is 4.72 Å². The van der Waals surface area contributed by atoms with Crippen LogP contribution in [0, 0.1) is 0 Å². The van der Waals surface area contributed by atoms with Gasteiger partial charge in [-0.25, -0.2) is 13.1 Å². The minimum atomic E-state index is -3.76. The lowest BCUT2D eigenvalue weighted by molar-refractivity contribution is -0.935. The van der Waals surface area contributed by atoms with E-state index in [0.717, 1.165) is 31.7 Å². The van der Waals surface area contributed by atoms with E-state index in [-0.39, 0.29) is 29.1 Å². The number of benzene rings is 1. The number of quaternary nitrogens is 1. The van der Waals surface area contributed by atoms with Crippen LogP contribution < -0.4 is 19.7 Å². The highest BCUT2D eigenvalue weighted by molar-refractivity contribution is 7.89. The number of likely N-dealkylation sites (tertiary alicyclic amines) is 1. The second-order valence-corrected chi connectivity index (χ2v) is 8.95. The predicted molar refractivity (Wildman–Crippen MR) is 108 cm³/mol. The summed E-state index contributed by atoms with van der Waals surface area (Å²) in [5.74, 6) is 0.804. The molecule has 0 unspecified atom stereocenters. The number of piperidine rings is 1. The number of methoxy groups -OCH3 is 1. The van der Waals surface area contributed by atoms with Crippen LogP contribution in [0.1, 0.15) is 38.0 Å². The number of anilines is 1. The summed E-state index contributed by atoms with van der Waals surface area (Å²) in [7, 11) is -2.33. The van der Waals surface area contributed by atoms with Gasteiger partial charge in [-0.3, -0.25) is 4.79 Å². The first-order valence-corrected chi connectivity index (χ1v) is 11.2. The van der Waals surface area contributed by atoms with Crippen molar-refractivity contribution >= 4 is 21.6 Å². The van der Waals surface area contributed by atoms with Crippen LogP contribution in [0.25, 0.3) is 0 Å². The molecule has 0 aliphatic carbocycles. The minimum Gasteiger partial charge on any atom is -0.495 e. The van der Waals surface area contributed by atoms with Crippen molar-refractivity contribution in [2.45, 2.75) is 37.1 Å². The number of rotatable bonds is 8. The molecular weight excluding hydrogens is 394 g/mol. The van der Waals surface area contributed by atoms with Gasteiger partial charge >= 0.3 is 0 Å². The number of carbonyl (C=O) groups is 1. The number of sulfonamides is 1. The summed E-state index contributed by atoms with van der Waals surface area (Å²) in [5.41, 5.74) is 0.421. The molecule has 8 nitrogen and oxygen atoms in total. The monoisotopic (exact) mass is 422 g/mol. The minimum absolute atomic E-state index is 0.0790. The van der Waals surface area contributed by atoms with Gasteiger partial charge in [0.05, 0.1) is 43.6 Å². The van der Waals surface area contributed by atoms with Crippen molar-refractivity contribution in [3.8, 4) is 5.75 Å². The van der Waals surface area contributed by atoms with Crippen LogP contribution in [-0.2, 0) is 14.8 Å². The molecule has 0 saturated carbocycles. The molecule has 9 heteroatoms. The molecule has 0 spiro atoms. The molecule has 1 aliphatic rings. The largest absolute Gasteiger partial charge is 0.495 e. The van der Waals surface area contributed by atoms with Gasteiger partial charge in [0.15, 0.2) is 11.8 Å². The van der Waals surface area contributed by atoms with Gasteiger partial charge in [0.2, 0.25) is 15.9 Å². The van der Waals surface area contributed by atoms with Crippen LogP contribution in [0.15, 0.2) is 45.9 Å². The molecule has 1 aromatic heterocycles. The van der Waals surface area contributed by atoms with Gasteiger partial charge in [0, 0.05) is 13.0 Å². The van der Waals surface area contributed by atoms with E-state index < -0.39 is 10.0 Å². The van der Waals surface area contributed by atoms with E-state index in [1.807, 2.05) is 12.1 Å². The predicted octanol–water partition coefficient (Wildman–Crippen LogP) is 1.33. The first-order chi connectivity index (χ1) is 13.9. The van der Waals surface area contributed by atoms with E-state index in [9.17, 15) is 13.2 Å². The van der Waals surface area contributed by atoms with Gasteiger partial charge in [-0.1, -0.05) is 0 Å².